The van der Waals surface area contributed by atoms with Crippen LogP contribution >= 0.6 is 23.2 Å². The van der Waals surface area contributed by atoms with Gasteiger partial charge in [-0.2, -0.15) is 0 Å². The molecule has 0 saturated carbocycles. The molecule has 3 nitrogen and oxygen atoms in total. The van der Waals surface area contributed by atoms with E-state index in [0.717, 1.165) is 5.56 Å². The molecule has 0 aliphatic rings. The van der Waals surface area contributed by atoms with Crippen molar-refractivity contribution in [2.75, 3.05) is 0 Å². The van der Waals surface area contributed by atoms with Crippen LogP contribution in [0.3, 0.4) is 0 Å². The van der Waals surface area contributed by atoms with Gasteiger partial charge in [0.25, 0.3) is 0 Å². The summed E-state index contributed by atoms with van der Waals surface area (Å²) in [5, 5.41) is 0.626. The third-order valence-electron chi connectivity index (χ3n) is 1.81. The summed E-state index contributed by atoms with van der Waals surface area (Å²) < 4.78 is 0. The van der Waals surface area contributed by atoms with Crippen LogP contribution in [0.15, 0.2) is 24.4 Å². The Labute approximate surface area is 97.1 Å². The van der Waals surface area contributed by atoms with E-state index in [9.17, 15) is 0 Å². The molecule has 0 fully saturated rings. The second-order valence-electron chi connectivity index (χ2n) is 3.06. The first-order valence-electron chi connectivity index (χ1n) is 4.28. The number of aromatic nitrogens is 3. The second-order valence-corrected chi connectivity index (χ2v) is 3.83. The van der Waals surface area contributed by atoms with Gasteiger partial charge in [-0.1, -0.05) is 23.2 Å². The van der Waals surface area contributed by atoms with Crippen molar-refractivity contribution >= 4 is 23.2 Å². The van der Waals surface area contributed by atoms with Crippen LogP contribution in [0.25, 0.3) is 11.5 Å². The molecule has 0 saturated heterocycles. The van der Waals surface area contributed by atoms with E-state index in [-0.39, 0.29) is 0 Å². The fourth-order valence-corrected chi connectivity index (χ4v) is 1.59. The van der Waals surface area contributed by atoms with Crippen LogP contribution in [0.1, 0.15) is 5.56 Å². The van der Waals surface area contributed by atoms with Crippen molar-refractivity contribution in [1.29, 1.82) is 0 Å². The average Bonchev–Trinajstić information content (AvgIpc) is 2.16. The van der Waals surface area contributed by atoms with Gasteiger partial charge in [-0.15, -0.1) is 0 Å². The van der Waals surface area contributed by atoms with Gasteiger partial charge in [-0.3, -0.25) is 4.98 Å². The van der Waals surface area contributed by atoms with Gasteiger partial charge in [-0.05, 0) is 24.6 Å². The van der Waals surface area contributed by atoms with E-state index in [1.807, 2.05) is 19.1 Å². The number of pyridine rings is 1. The molecule has 15 heavy (non-hydrogen) atoms. The van der Waals surface area contributed by atoms with E-state index in [0.29, 0.717) is 21.8 Å². The number of nitrogens with zero attached hydrogens (tertiary/aromatic N) is 3. The molecular formula is C10H7Cl2N3. The van der Waals surface area contributed by atoms with Crippen LogP contribution in [0.5, 0.6) is 0 Å². The highest BCUT2D eigenvalue weighted by Gasteiger charge is 2.05. The van der Waals surface area contributed by atoms with E-state index < -0.39 is 0 Å². The fraction of sp³-hybridized carbons (Fsp3) is 0.100. The van der Waals surface area contributed by atoms with Crippen molar-refractivity contribution in [1.82, 2.24) is 15.0 Å². The first-order valence-corrected chi connectivity index (χ1v) is 5.04. The van der Waals surface area contributed by atoms with Gasteiger partial charge >= 0.3 is 0 Å². The zero-order chi connectivity index (χ0) is 10.8. The Balaban J connectivity index is 2.54. The third-order valence-corrected chi connectivity index (χ3v) is 2.20. The van der Waals surface area contributed by atoms with Gasteiger partial charge in [0.2, 0.25) is 0 Å². The maximum absolute atomic E-state index is 5.78. The Morgan fingerprint density at radius 3 is 2.33 bits per heavy atom. The monoisotopic (exact) mass is 239 g/mol. The lowest BCUT2D eigenvalue weighted by Gasteiger charge is -2.01. The number of aryl methyl sites for hydroxylation is 1. The Morgan fingerprint density at radius 1 is 1.07 bits per heavy atom. The number of rotatable bonds is 1. The summed E-state index contributed by atoms with van der Waals surface area (Å²) in [6, 6.07) is 5.26. The molecule has 0 aliphatic heterocycles. The molecule has 2 heterocycles. The Morgan fingerprint density at radius 2 is 1.73 bits per heavy atom. The highest BCUT2D eigenvalue weighted by atomic mass is 35.5. The van der Waals surface area contributed by atoms with E-state index in [1.54, 1.807) is 6.20 Å². The molecule has 2 rings (SSSR count). The molecule has 2 aromatic rings. The van der Waals surface area contributed by atoms with Crippen molar-refractivity contribution in [3.63, 3.8) is 0 Å². The Kier molecular flexibility index (Phi) is 2.84. The lowest BCUT2D eigenvalue weighted by atomic mass is 10.2. The maximum Gasteiger partial charge on any atom is 0.181 e. The topological polar surface area (TPSA) is 38.7 Å². The first kappa shape index (κ1) is 10.3. The fourth-order valence-electron chi connectivity index (χ4n) is 1.16. The van der Waals surface area contributed by atoms with Crippen molar-refractivity contribution in [2.24, 2.45) is 0 Å². The zero-order valence-electron chi connectivity index (χ0n) is 7.91. The highest BCUT2D eigenvalue weighted by Crippen LogP contribution is 2.18. The first-order chi connectivity index (χ1) is 7.15. The maximum atomic E-state index is 5.78. The standard InChI is InChI=1S/C10H7Cl2N3/c1-6-2-3-13-7(4-6)10-14-8(11)5-9(12)15-10/h2-5H,1H3. The smallest absolute Gasteiger partial charge is 0.181 e. The molecule has 2 aromatic heterocycles. The molecule has 0 bridgehead atoms. The van der Waals surface area contributed by atoms with Crippen LogP contribution in [-0.4, -0.2) is 15.0 Å². The predicted molar refractivity (Wildman–Crippen MR) is 60.0 cm³/mol. The van der Waals surface area contributed by atoms with Gasteiger partial charge in [0.15, 0.2) is 5.82 Å². The molecule has 0 atom stereocenters. The molecule has 76 valence electrons. The van der Waals surface area contributed by atoms with Crippen LogP contribution in [0, 0.1) is 6.92 Å². The Bertz CT molecular complexity index is 480. The third kappa shape index (κ3) is 2.43. The number of halogens is 2. The van der Waals surface area contributed by atoms with E-state index >= 15 is 0 Å². The summed E-state index contributed by atoms with van der Waals surface area (Å²) in [7, 11) is 0. The van der Waals surface area contributed by atoms with Crippen LogP contribution in [-0.2, 0) is 0 Å². The summed E-state index contributed by atoms with van der Waals surface area (Å²) in [5.41, 5.74) is 1.75. The van der Waals surface area contributed by atoms with Gasteiger partial charge < -0.3 is 0 Å². The van der Waals surface area contributed by atoms with E-state index in [1.165, 1.54) is 6.07 Å². The summed E-state index contributed by atoms with van der Waals surface area (Å²) in [4.78, 5) is 12.3. The van der Waals surface area contributed by atoms with Crippen LogP contribution in [0.2, 0.25) is 10.3 Å². The quantitative estimate of drug-likeness (QED) is 0.718. The largest absolute Gasteiger partial charge is 0.253 e. The lowest BCUT2D eigenvalue weighted by molar-refractivity contribution is 1.13. The molecule has 0 radical (unpaired) electrons. The predicted octanol–water partition coefficient (Wildman–Crippen LogP) is 3.15. The van der Waals surface area contributed by atoms with Crippen LogP contribution < -0.4 is 0 Å². The number of hydrogen-bond donors (Lipinski definition) is 0. The van der Waals surface area contributed by atoms with Crippen LogP contribution in [0.4, 0.5) is 0 Å². The minimum Gasteiger partial charge on any atom is -0.253 e. The number of hydrogen-bond acceptors (Lipinski definition) is 3. The molecular weight excluding hydrogens is 233 g/mol. The van der Waals surface area contributed by atoms with E-state index in [2.05, 4.69) is 15.0 Å². The molecule has 0 amide bonds. The molecule has 5 heteroatoms. The summed E-state index contributed by atoms with van der Waals surface area (Å²) in [5.74, 6) is 0.441. The van der Waals surface area contributed by atoms with Crippen molar-refractivity contribution in [3.05, 3.63) is 40.3 Å². The molecule has 0 spiro atoms. The second kappa shape index (κ2) is 4.13. The summed E-state index contributed by atoms with van der Waals surface area (Å²) in [6.07, 6.45) is 1.70. The van der Waals surface area contributed by atoms with Gasteiger partial charge in [-0.25, -0.2) is 9.97 Å². The zero-order valence-corrected chi connectivity index (χ0v) is 9.42. The van der Waals surface area contributed by atoms with Gasteiger partial charge in [0, 0.05) is 12.3 Å². The molecule has 0 N–H and O–H groups in total. The van der Waals surface area contributed by atoms with Gasteiger partial charge in [0.05, 0.1) is 0 Å². The average molecular weight is 240 g/mol. The van der Waals surface area contributed by atoms with Crippen molar-refractivity contribution in [2.45, 2.75) is 6.92 Å². The minimum atomic E-state index is 0.313. The Hall–Kier alpha value is -1.19. The van der Waals surface area contributed by atoms with E-state index in [4.69, 9.17) is 23.2 Å². The molecule has 0 unspecified atom stereocenters. The summed E-state index contributed by atoms with van der Waals surface area (Å²) >= 11 is 11.6. The highest BCUT2D eigenvalue weighted by molar-refractivity contribution is 6.33. The SMILES string of the molecule is Cc1ccnc(-c2nc(Cl)cc(Cl)n2)c1. The van der Waals surface area contributed by atoms with Crippen molar-refractivity contribution in [3.8, 4) is 11.5 Å². The minimum absolute atomic E-state index is 0.313. The molecule has 0 aliphatic carbocycles. The normalized spacial score (nSPS) is 10.3. The van der Waals surface area contributed by atoms with Gasteiger partial charge in [0.1, 0.15) is 16.0 Å². The lowest BCUT2D eigenvalue weighted by Crippen LogP contribution is -1.92. The van der Waals surface area contributed by atoms with Crippen molar-refractivity contribution < 1.29 is 0 Å². The summed E-state index contributed by atoms with van der Waals surface area (Å²) in [6.45, 7) is 1.97. The molecule has 0 aromatic carbocycles.